The number of hydrogen-bond acceptors (Lipinski definition) is 3. The van der Waals surface area contributed by atoms with Gasteiger partial charge in [-0.05, 0) is 38.1 Å². The van der Waals surface area contributed by atoms with E-state index in [1.807, 2.05) is 0 Å². The fourth-order valence-corrected chi connectivity index (χ4v) is 1.59. The predicted molar refractivity (Wildman–Crippen MR) is 73.5 cm³/mol. The smallest absolute Gasteiger partial charge is 0.220 e. The monoisotopic (exact) mass is 256 g/mol. The van der Waals surface area contributed by atoms with Gasteiger partial charge in [0.2, 0.25) is 5.91 Å². The molecule has 0 radical (unpaired) electrons. The van der Waals surface area contributed by atoms with Crippen LogP contribution in [0.5, 0.6) is 0 Å². The van der Waals surface area contributed by atoms with Crippen molar-refractivity contribution in [2.75, 3.05) is 26.3 Å². The molecule has 4 nitrogen and oxygen atoms in total. The van der Waals surface area contributed by atoms with E-state index in [1.165, 1.54) is 0 Å². The molecule has 0 heterocycles. The fraction of sp³-hybridized carbons (Fsp3) is 0.929. The lowest BCUT2D eigenvalue weighted by Crippen LogP contribution is -2.27. The van der Waals surface area contributed by atoms with Gasteiger partial charge >= 0.3 is 0 Å². The van der Waals surface area contributed by atoms with Gasteiger partial charge in [0.15, 0.2) is 0 Å². The molecule has 0 aromatic carbocycles. The van der Waals surface area contributed by atoms with Crippen LogP contribution in [0.1, 0.15) is 46.0 Å². The van der Waals surface area contributed by atoms with E-state index in [4.69, 9.17) is 4.74 Å². The highest BCUT2D eigenvalue weighted by Gasteiger charge is 2.22. The van der Waals surface area contributed by atoms with E-state index in [0.29, 0.717) is 18.4 Å². The van der Waals surface area contributed by atoms with Crippen molar-refractivity contribution in [3.63, 3.8) is 0 Å². The van der Waals surface area contributed by atoms with Crippen LogP contribution in [-0.2, 0) is 9.53 Å². The van der Waals surface area contributed by atoms with Gasteiger partial charge < -0.3 is 15.4 Å². The normalized spacial score (nSPS) is 15.1. The van der Waals surface area contributed by atoms with E-state index in [0.717, 1.165) is 52.0 Å². The van der Waals surface area contributed by atoms with Gasteiger partial charge in [-0.1, -0.05) is 13.8 Å². The lowest BCUT2D eigenvalue weighted by molar-refractivity contribution is -0.121. The maximum Gasteiger partial charge on any atom is 0.220 e. The second kappa shape index (κ2) is 9.34. The van der Waals surface area contributed by atoms with E-state index >= 15 is 0 Å². The average Bonchev–Trinajstić information content (AvgIpc) is 3.10. The molecule has 0 aromatic rings. The number of rotatable bonds is 11. The summed E-state index contributed by atoms with van der Waals surface area (Å²) in [6.45, 7) is 7.79. The Bertz CT molecular complexity index is 228. The summed E-state index contributed by atoms with van der Waals surface area (Å²) in [6, 6.07) is 0.486. The van der Waals surface area contributed by atoms with Crippen LogP contribution in [0.3, 0.4) is 0 Å². The van der Waals surface area contributed by atoms with Crippen molar-refractivity contribution < 1.29 is 9.53 Å². The molecule has 0 spiro atoms. The minimum atomic E-state index is 0.201. The largest absolute Gasteiger partial charge is 0.380 e. The number of hydrogen-bond donors (Lipinski definition) is 2. The van der Waals surface area contributed by atoms with Gasteiger partial charge in [-0.2, -0.15) is 0 Å². The maximum atomic E-state index is 11.4. The number of ether oxygens (including phenoxy) is 1. The molecule has 106 valence electrons. The van der Waals surface area contributed by atoms with Crippen LogP contribution in [0.25, 0.3) is 0 Å². The second-order valence-electron chi connectivity index (χ2n) is 5.49. The molecule has 0 atom stereocenters. The van der Waals surface area contributed by atoms with Gasteiger partial charge in [0.05, 0.1) is 6.61 Å². The minimum Gasteiger partial charge on any atom is -0.380 e. The topological polar surface area (TPSA) is 50.4 Å². The molecule has 1 rings (SSSR count). The van der Waals surface area contributed by atoms with E-state index in [2.05, 4.69) is 24.5 Å². The summed E-state index contributed by atoms with van der Waals surface area (Å²) in [5.74, 6) is 0.912. The quantitative estimate of drug-likeness (QED) is 0.553. The van der Waals surface area contributed by atoms with E-state index in [1.54, 1.807) is 0 Å². The first-order chi connectivity index (χ1) is 8.68. The third-order valence-corrected chi connectivity index (χ3v) is 2.96. The molecule has 1 saturated carbocycles. The molecule has 0 bridgehead atoms. The molecule has 0 aliphatic heterocycles. The van der Waals surface area contributed by atoms with Crippen molar-refractivity contribution in [3.05, 3.63) is 0 Å². The summed E-state index contributed by atoms with van der Waals surface area (Å²) in [7, 11) is 0. The molecule has 0 saturated heterocycles. The van der Waals surface area contributed by atoms with Crippen LogP contribution >= 0.6 is 0 Å². The third kappa shape index (κ3) is 9.42. The molecule has 1 fully saturated rings. The Morgan fingerprint density at radius 2 is 2.06 bits per heavy atom. The van der Waals surface area contributed by atoms with E-state index in [-0.39, 0.29) is 5.91 Å². The Labute approximate surface area is 111 Å². The van der Waals surface area contributed by atoms with E-state index < -0.39 is 0 Å². The Balaban J connectivity index is 1.74. The number of carbonyl (C=O) groups is 1. The van der Waals surface area contributed by atoms with E-state index in [9.17, 15) is 4.79 Å². The third-order valence-electron chi connectivity index (χ3n) is 2.96. The molecule has 0 unspecified atom stereocenters. The molecular weight excluding hydrogens is 228 g/mol. The van der Waals surface area contributed by atoms with Crippen LogP contribution in [0, 0.1) is 5.92 Å². The Morgan fingerprint density at radius 3 is 2.72 bits per heavy atom. The summed E-state index contributed by atoms with van der Waals surface area (Å²) in [5.41, 5.74) is 0. The molecule has 18 heavy (non-hydrogen) atoms. The summed E-state index contributed by atoms with van der Waals surface area (Å²) < 4.78 is 5.49. The van der Waals surface area contributed by atoms with Crippen molar-refractivity contribution in [1.29, 1.82) is 0 Å². The van der Waals surface area contributed by atoms with Crippen molar-refractivity contribution in [1.82, 2.24) is 10.6 Å². The lowest BCUT2D eigenvalue weighted by Gasteiger charge is -2.07. The summed E-state index contributed by atoms with van der Waals surface area (Å²) in [5, 5.41) is 6.28. The SMILES string of the molecule is CC(C)CCOCCNCCCC(=O)NC1CC1. The first kappa shape index (κ1) is 15.4. The standard InChI is InChI=1S/C14H28N2O2/c1-12(2)7-10-18-11-9-15-8-3-4-14(17)16-13-5-6-13/h12-13,15H,3-11H2,1-2H3,(H,16,17). The van der Waals surface area contributed by atoms with Crippen LogP contribution < -0.4 is 10.6 Å². The highest BCUT2D eigenvalue weighted by Crippen LogP contribution is 2.18. The molecule has 1 amide bonds. The van der Waals surface area contributed by atoms with Gasteiger partial charge in [-0.15, -0.1) is 0 Å². The van der Waals surface area contributed by atoms with Gasteiger partial charge in [-0.25, -0.2) is 0 Å². The Hall–Kier alpha value is -0.610. The van der Waals surface area contributed by atoms with Gasteiger partial charge in [0.25, 0.3) is 0 Å². The zero-order valence-electron chi connectivity index (χ0n) is 11.8. The molecule has 2 N–H and O–H groups in total. The molecule has 0 aromatic heterocycles. The maximum absolute atomic E-state index is 11.4. The van der Waals surface area contributed by atoms with Gasteiger partial charge in [0.1, 0.15) is 0 Å². The van der Waals surface area contributed by atoms with Gasteiger partial charge in [0, 0.05) is 25.6 Å². The first-order valence-corrected chi connectivity index (χ1v) is 7.26. The fourth-order valence-electron chi connectivity index (χ4n) is 1.59. The number of carbonyl (C=O) groups excluding carboxylic acids is 1. The molecule has 4 heteroatoms. The second-order valence-corrected chi connectivity index (χ2v) is 5.49. The lowest BCUT2D eigenvalue weighted by atomic mass is 10.1. The average molecular weight is 256 g/mol. The zero-order valence-corrected chi connectivity index (χ0v) is 11.8. The Morgan fingerprint density at radius 1 is 1.28 bits per heavy atom. The Kier molecular flexibility index (Phi) is 8.01. The summed E-state index contributed by atoms with van der Waals surface area (Å²) in [4.78, 5) is 11.4. The van der Waals surface area contributed by atoms with Crippen molar-refractivity contribution in [2.24, 2.45) is 5.92 Å². The first-order valence-electron chi connectivity index (χ1n) is 7.26. The number of amides is 1. The van der Waals surface area contributed by atoms with Gasteiger partial charge in [-0.3, -0.25) is 4.79 Å². The zero-order chi connectivity index (χ0) is 13.2. The number of nitrogens with one attached hydrogen (secondary N) is 2. The summed E-state index contributed by atoms with van der Waals surface area (Å²) in [6.07, 6.45) is 5.00. The highest BCUT2D eigenvalue weighted by molar-refractivity contribution is 5.76. The van der Waals surface area contributed by atoms with Crippen LogP contribution in [0.4, 0.5) is 0 Å². The molecule has 1 aliphatic rings. The highest BCUT2D eigenvalue weighted by atomic mass is 16.5. The van der Waals surface area contributed by atoms with Crippen molar-refractivity contribution >= 4 is 5.91 Å². The van der Waals surface area contributed by atoms with Crippen LogP contribution in [-0.4, -0.2) is 38.3 Å². The minimum absolute atomic E-state index is 0.201. The molecular formula is C14H28N2O2. The van der Waals surface area contributed by atoms with Crippen molar-refractivity contribution in [2.45, 2.75) is 52.0 Å². The van der Waals surface area contributed by atoms with Crippen LogP contribution in [0.15, 0.2) is 0 Å². The summed E-state index contributed by atoms with van der Waals surface area (Å²) >= 11 is 0. The molecule has 1 aliphatic carbocycles. The van der Waals surface area contributed by atoms with Crippen LogP contribution in [0.2, 0.25) is 0 Å². The van der Waals surface area contributed by atoms with Crippen molar-refractivity contribution in [3.8, 4) is 0 Å². The predicted octanol–water partition coefficient (Wildman–Crippen LogP) is 1.70.